The number of carbonyl (C=O) groups is 3. The quantitative estimate of drug-likeness (QED) is 0.459. The number of carbonyl (C=O) groups excluding carboxylic acids is 3. The first-order chi connectivity index (χ1) is 8.60. The molecule has 0 aromatic rings. The van der Waals surface area contributed by atoms with Gasteiger partial charge in [0.2, 0.25) is 5.91 Å². The predicted molar refractivity (Wildman–Crippen MR) is 58.4 cm³/mol. The first-order valence-electron chi connectivity index (χ1n) is 5.37. The van der Waals surface area contributed by atoms with Crippen molar-refractivity contribution in [1.82, 2.24) is 15.6 Å². The average molecular weight is 257 g/mol. The van der Waals surface area contributed by atoms with E-state index in [9.17, 15) is 14.4 Å². The first kappa shape index (κ1) is 13.9. The van der Waals surface area contributed by atoms with Crippen LogP contribution in [0.3, 0.4) is 0 Å². The van der Waals surface area contributed by atoms with Gasteiger partial charge in [0.1, 0.15) is 12.6 Å². The summed E-state index contributed by atoms with van der Waals surface area (Å²) in [5.41, 5.74) is 8.54. The van der Waals surface area contributed by atoms with Gasteiger partial charge >= 0.3 is 6.09 Å². The zero-order valence-corrected chi connectivity index (χ0v) is 9.93. The van der Waals surface area contributed by atoms with E-state index in [4.69, 9.17) is 5.53 Å². The molecule has 100 valence electrons. The van der Waals surface area contributed by atoms with Crippen LogP contribution < -0.4 is 10.7 Å². The van der Waals surface area contributed by atoms with Crippen molar-refractivity contribution < 1.29 is 19.1 Å². The number of hydrogen-bond donors (Lipinski definition) is 3. The fraction of sp³-hybridized carbons (Fsp3) is 0.667. The maximum Gasteiger partial charge on any atom is 0.407 e. The number of rotatable bonds is 4. The van der Waals surface area contributed by atoms with Crippen molar-refractivity contribution in [3.8, 4) is 0 Å². The zero-order valence-electron chi connectivity index (χ0n) is 9.93. The molecular weight excluding hydrogens is 242 g/mol. The van der Waals surface area contributed by atoms with Crippen LogP contribution in [-0.4, -0.2) is 49.0 Å². The van der Waals surface area contributed by atoms with E-state index in [1.165, 1.54) is 12.0 Å². The molecule has 0 aliphatic carbocycles. The van der Waals surface area contributed by atoms with Crippen LogP contribution in [0, 0.1) is 5.53 Å². The second kappa shape index (κ2) is 6.52. The highest BCUT2D eigenvalue weighted by atomic mass is 16.5. The molecular formula is C9H15N5O4. The molecule has 1 rings (SSSR count). The summed E-state index contributed by atoms with van der Waals surface area (Å²) in [4.78, 5) is 35.5. The molecule has 1 aliphatic heterocycles. The lowest BCUT2D eigenvalue weighted by Gasteiger charge is -2.22. The Kier molecular flexibility index (Phi) is 5.03. The van der Waals surface area contributed by atoms with E-state index in [2.05, 4.69) is 15.3 Å². The monoisotopic (exact) mass is 257 g/mol. The van der Waals surface area contributed by atoms with E-state index >= 15 is 0 Å². The molecule has 0 bridgehead atoms. The number of nitrogens with one attached hydrogen (secondary N) is 3. The lowest BCUT2D eigenvalue weighted by atomic mass is 10.2. The van der Waals surface area contributed by atoms with Gasteiger partial charge in [0, 0.05) is 6.54 Å². The number of amides is 3. The van der Waals surface area contributed by atoms with Crippen molar-refractivity contribution >= 4 is 17.9 Å². The predicted octanol–water partition coefficient (Wildman–Crippen LogP) is -0.604. The van der Waals surface area contributed by atoms with Gasteiger partial charge < -0.3 is 15.0 Å². The third-order valence-corrected chi connectivity index (χ3v) is 2.61. The van der Waals surface area contributed by atoms with Crippen molar-refractivity contribution in [3.05, 3.63) is 0 Å². The molecule has 1 aliphatic rings. The summed E-state index contributed by atoms with van der Waals surface area (Å²) in [5, 5.41) is 5.04. The Morgan fingerprint density at radius 3 is 2.83 bits per heavy atom. The van der Waals surface area contributed by atoms with E-state index in [1.54, 1.807) is 0 Å². The van der Waals surface area contributed by atoms with E-state index < -0.39 is 18.0 Å². The Balaban J connectivity index is 2.52. The van der Waals surface area contributed by atoms with Crippen LogP contribution in [0.15, 0.2) is 5.22 Å². The maximum absolute atomic E-state index is 11.8. The van der Waals surface area contributed by atoms with E-state index in [1.807, 2.05) is 5.43 Å². The van der Waals surface area contributed by atoms with E-state index in [0.717, 1.165) is 0 Å². The molecule has 0 saturated carbocycles. The van der Waals surface area contributed by atoms with Crippen molar-refractivity contribution in [2.75, 3.05) is 20.2 Å². The molecule has 9 heteroatoms. The summed E-state index contributed by atoms with van der Waals surface area (Å²) < 4.78 is 4.34. The average Bonchev–Trinajstić information content (AvgIpc) is 2.85. The minimum absolute atomic E-state index is 0.228. The molecule has 3 N–H and O–H groups in total. The van der Waals surface area contributed by atoms with Crippen LogP contribution >= 0.6 is 0 Å². The standard InChI is InChI=1S/C9H15N5O4/c1-18-9(17)11-5-7(15)14-4-2-3-6(14)8(16)12-13-10/h6H,2-5H2,1H3,(H,11,17)(H2,10,12,16)/t6-/m0/s1. The van der Waals surface area contributed by atoms with Gasteiger partial charge in [-0.3, -0.25) is 9.59 Å². The molecule has 0 aromatic heterocycles. The molecule has 18 heavy (non-hydrogen) atoms. The molecule has 1 heterocycles. The normalized spacial score (nSPS) is 18.1. The highest BCUT2D eigenvalue weighted by Crippen LogP contribution is 2.17. The summed E-state index contributed by atoms with van der Waals surface area (Å²) in [6.07, 6.45) is 0.510. The second-order valence-corrected chi connectivity index (χ2v) is 3.68. The Labute approximate surface area is 103 Å². The van der Waals surface area contributed by atoms with Crippen LogP contribution in [0.2, 0.25) is 0 Å². The largest absolute Gasteiger partial charge is 0.453 e. The van der Waals surface area contributed by atoms with Crippen LogP contribution in [0.4, 0.5) is 4.79 Å². The number of methoxy groups -OCH3 is 1. The molecule has 1 fully saturated rings. The zero-order chi connectivity index (χ0) is 13.5. The van der Waals surface area contributed by atoms with Crippen molar-refractivity contribution in [1.29, 1.82) is 5.53 Å². The second-order valence-electron chi connectivity index (χ2n) is 3.68. The summed E-state index contributed by atoms with van der Waals surface area (Å²) in [6.45, 7) is 0.215. The van der Waals surface area contributed by atoms with Gasteiger partial charge in [0.05, 0.1) is 7.11 Å². The Bertz CT molecular complexity index is 359. The Morgan fingerprint density at radius 2 is 2.22 bits per heavy atom. The number of hydrogen-bond acceptors (Lipinski definition) is 6. The van der Waals surface area contributed by atoms with E-state index in [-0.39, 0.29) is 12.5 Å². The van der Waals surface area contributed by atoms with Gasteiger partial charge in [-0.2, -0.15) is 5.53 Å². The molecule has 3 amide bonds. The molecule has 1 atom stereocenters. The van der Waals surface area contributed by atoms with Gasteiger partial charge in [-0.15, -0.1) is 0 Å². The number of alkyl carbamates (subject to hydrolysis) is 1. The third kappa shape index (κ3) is 3.40. The Morgan fingerprint density at radius 1 is 1.50 bits per heavy atom. The fourth-order valence-corrected chi connectivity index (χ4v) is 1.79. The van der Waals surface area contributed by atoms with Crippen molar-refractivity contribution in [2.24, 2.45) is 5.22 Å². The lowest BCUT2D eigenvalue weighted by molar-refractivity contribution is -0.137. The van der Waals surface area contributed by atoms with Crippen LogP contribution in [-0.2, 0) is 14.3 Å². The van der Waals surface area contributed by atoms with Crippen LogP contribution in [0.5, 0.6) is 0 Å². The lowest BCUT2D eigenvalue weighted by Crippen LogP contribution is -2.48. The summed E-state index contributed by atoms with van der Waals surface area (Å²) in [6, 6.07) is -0.633. The first-order valence-corrected chi connectivity index (χ1v) is 5.37. The topological polar surface area (TPSA) is 124 Å². The SMILES string of the molecule is COC(=O)NCC(=O)N1CCC[C@H]1C(=O)NN=N. The van der Waals surface area contributed by atoms with Crippen LogP contribution in [0.1, 0.15) is 12.8 Å². The maximum atomic E-state index is 11.8. The fourth-order valence-electron chi connectivity index (χ4n) is 1.79. The van der Waals surface area contributed by atoms with E-state index in [0.29, 0.717) is 19.4 Å². The number of likely N-dealkylation sites (tertiary alicyclic amines) is 1. The van der Waals surface area contributed by atoms with Gasteiger partial charge in [0.15, 0.2) is 0 Å². The summed E-state index contributed by atoms with van der Waals surface area (Å²) in [5.74, 6) is -0.864. The van der Waals surface area contributed by atoms with Gasteiger partial charge in [-0.1, -0.05) is 5.22 Å². The molecule has 0 aromatic carbocycles. The van der Waals surface area contributed by atoms with Crippen LogP contribution in [0.25, 0.3) is 0 Å². The highest BCUT2D eigenvalue weighted by molar-refractivity contribution is 5.89. The molecule has 1 saturated heterocycles. The smallest absolute Gasteiger partial charge is 0.407 e. The summed E-state index contributed by atoms with van der Waals surface area (Å²) >= 11 is 0. The van der Waals surface area contributed by atoms with Gasteiger partial charge in [-0.05, 0) is 12.8 Å². The molecule has 0 radical (unpaired) electrons. The van der Waals surface area contributed by atoms with Gasteiger partial charge in [0.25, 0.3) is 5.91 Å². The van der Waals surface area contributed by atoms with Gasteiger partial charge in [-0.25, -0.2) is 10.2 Å². The minimum Gasteiger partial charge on any atom is -0.453 e. The highest BCUT2D eigenvalue weighted by Gasteiger charge is 2.33. The van der Waals surface area contributed by atoms with Crippen molar-refractivity contribution in [2.45, 2.75) is 18.9 Å². The minimum atomic E-state index is -0.704. The number of ether oxygens (including phenoxy) is 1. The summed E-state index contributed by atoms with van der Waals surface area (Å²) in [7, 11) is 1.20. The Hall–Kier alpha value is -2.19. The number of nitrogens with zero attached hydrogens (tertiary/aromatic N) is 2. The van der Waals surface area contributed by atoms with Crippen molar-refractivity contribution in [3.63, 3.8) is 0 Å². The molecule has 9 nitrogen and oxygen atoms in total. The third-order valence-electron chi connectivity index (χ3n) is 2.61. The molecule has 0 unspecified atom stereocenters. The molecule has 0 spiro atoms.